The van der Waals surface area contributed by atoms with Crippen molar-refractivity contribution in [2.75, 3.05) is 47.5 Å². The summed E-state index contributed by atoms with van der Waals surface area (Å²) in [6.07, 6.45) is 19.9. The van der Waals surface area contributed by atoms with Crippen LogP contribution in [-0.2, 0) is 32.7 Å². The smallest absolute Gasteiger partial charge is 0.331 e. The normalized spacial score (nSPS) is 14.1. The van der Waals surface area contributed by atoms with Crippen molar-refractivity contribution < 1.29 is 42.1 Å². The number of hydrogen-bond acceptors (Lipinski definition) is 8. The van der Waals surface area contributed by atoms with Crippen LogP contribution in [0.15, 0.2) is 23.3 Å². The van der Waals surface area contributed by atoms with Crippen molar-refractivity contribution in [3.05, 3.63) is 23.3 Å². The molecule has 0 amide bonds. The van der Waals surface area contributed by atoms with Gasteiger partial charge in [0.05, 0.1) is 27.7 Å². The lowest BCUT2D eigenvalue weighted by atomic mass is 10.0. The van der Waals surface area contributed by atoms with Gasteiger partial charge in [0, 0.05) is 12.5 Å². The first-order valence-corrected chi connectivity index (χ1v) is 18.3. The van der Waals surface area contributed by atoms with Gasteiger partial charge >= 0.3 is 11.9 Å². The van der Waals surface area contributed by atoms with Gasteiger partial charge in [-0.1, -0.05) is 101 Å². The number of esters is 2. The van der Waals surface area contributed by atoms with Crippen LogP contribution >= 0.6 is 7.82 Å². The Morgan fingerprint density at radius 1 is 0.795 bits per heavy atom. The fraction of sp³-hybridized carbons (Fsp3) is 0.824. The molecule has 0 aromatic heterocycles. The SMILES string of the molecule is CCCCCCCCCCCCCCCC(=O)OC[C@H](COP(=O)([O-])OCC[N+](C)(C)C)OC(=O)/C=C(\C)CCC=C(C)C. The van der Waals surface area contributed by atoms with Gasteiger partial charge in [-0.3, -0.25) is 9.36 Å². The van der Waals surface area contributed by atoms with E-state index >= 15 is 0 Å². The minimum atomic E-state index is -4.63. The number of carbonyl (C=O) groups excluding carboxylic acids is 2. The second kappa shape index (κ2) is 25.7. The van der Waals surface area contributed by atoms with Gasteiger partial charge in [-0.25, -0.2) is 4.79 Å². The molecule has 44 heavy (non-hydrogen) atoms. The van der Waals surface area contributed by atoms with Crippen molar-refractivity contribution in [1.82, 2.24) is 0 Å². The molecular formula is C34H64NO8P. The maximum absolute atomic E-state index is 12.5. The first-order valence-electron chi connectivity index (χ1n) is 16.8. The van der Waals surface area contributed by atoms with Crippen molar-refractivity contribution in [1.29, 1.82) is 0 Å². The minimum absolute atomic E-state index is 0.0452. The average molecular weight is 646 g/mol. The van der Waals surface area contributed by atoms with Crippen LogP contribution in [0.3, 0.4) is 0 Å². The summed E-state index contributed by atoms with van der Waals surface area (Å²) in [6.45, 7) is 7.71. The maximum atomic E-state index is 12.5. The van der Waals surface area contributed by atoms with Gasteiger partial charge in [-0.05, 0) is 40.0 Å². The minimum Gasteiger partial charge on any atom is -0.756 e. The molecule has 10 heteroatoms. The van der Waals surface area contributed by atoms with E-state index in [0.29, 0.717) is 17.4 Å². The molecule has 0 aliphatic carbocycles. The van der Waals surface area contributed by atoms with Crippen LogP contribution in [0.25, 0.3) is 0 Å². The van der Waals surface area contributed by atoms with Gasteiger partial charge in [-0.2, -0.15) is 0 Å². The average Bonchev–Trinajstić information content (AvgIpc) is 2.91. The molecule has 1 unspecified atom stereocenters. The van der Waals surface area contributed by atoms with E-state index in [-0.39, 0.29) is 19.6 Å². The Bertz CT molecular complexity index is 877. The van der Waals surface area contributed by atoms with E-state index in [9.17, 15) is 19.0 Å². The summed E-state index contributed by atoms with van der Waals surface area (Å²) in [7, 11) is 1.11. The van der Waals surface area contributed by atoms with Crippen LogP contribution in [-0.4, -0.2) is 70.0 Å². The third-order valence-electron chi connectivity index (χ3n) is 7.08. The van der Waals surface area contributed by atoms with Crippen LogP contribution in [0.4, 0.5) is 0 Å². The van der Waals surface area contributed by atoms with Crippen LogP contribution < -0.4 is 4.89 Å². The van der Waals surface area contributed by atoms with Gasteiger partial charge in [0.2, 0.25) is 0 Å². The zero-order valence-corrected chi connectivity index (χ0v) is 29.9. The number of carbonyl (C=O) groups is 2. The molecule has 0 fully saturated rings. The molecular weight excluding hydrogens is 581 g/mol. The number of unbranched alkanes of at least 4 members (excludes halogenated alkanes) is 12. The van der Waals surface area contributed by atoms with Crippen LogP contribution in [0.5, 0.6) is 0 Å². The van der Waals surface area contributed by atoms with Gasteiger partial charge in [-0.15, -0.1) is 0 Å². The highest BCUT2D eigenvalue weighted by molar-refractivity contribution is 7.45. The number of phosphoric ester groups is 1. The van der Waals surface area contributed by atoms with Crippen LogP contribution in [0, 0.1) is 0 Å². The summed E-state index contributed by atoms with van der Waals surface area (Å²) < 4.78 is 33.5. The predicted octanol–water partition coefficient (Wildman–Crippen LogP) is 7.82. The molecule has 0 N–H and O–H groups in total. The lowest BCUT2D eigenvalue weighted by Crippen LogP contribution is -2.37. The summed E-state index contributed by atoms with van der Waals surface area (Å²) >= 11 is 0. The quantitative estimate of drug-likeness (QED) is 0.0211. The summed E-state index contributed by atoms with van der Waals surface area (Å²) in [5.74, 6) is -1.06. The fourth-order valence-electron chi connectivity index (χ4n) is 4.36. The van der Waals surface area contributed by atoms with Gasteiger partial charge in [0.1, 0.15) is 19.8 Å². The van der Waals surface area contributed by atoms with Gasteiger partial charge in [0.25, 0.3) is 7.82 Å². The molecule has 0 aromatic rings. The molecule has 9 nitrogen and oxygen atoms in total. The first kappa shape index (κ1) is 42.5. The predicted molar refractivity (Wildman–Crippen MR) is 176 cm³/mol. The van der Waals surface area contributed by atoms with Crippen molar-refractivity contribution in [3.63, 3.8) is 0 Å². The number of ether oxygens (including phenoxy) is 2. The number of phosphoric acid groups is 1. The van der Waals surface area contributed by atoms with E-state index in [1.807, 2.05) is 41.9 Å². The van der Waals surface area contributed by atoms with E-state index in [4.69, 9.17) is 18.5 Å². The third kappa shape index (κ3) is 29.2. The fourth-order valence-corrected chi connectivity index (χ4v) is 5.09. The van der Waals surface area contributed by atoms with Crippen molar-refractivity contribution in [2.24, 2.45) is 0 Å². The summed E-state index contributed by atoms with van der Waals surface area (Å²) in [5.41, 5.74) is 2.02. The Labute approximate surface area is 268 Å². The summed E-state index contributed by atoms with van der Waals surface area (Å²) in [5, 5.41) is 0. The Morgan fingerprint density at radius 2 is 1.34 bits per heavy atom. The van der Waals surface area contributed by atoms with Gasteiger partial charge < -0.3 is 27.9 Å². The lowest BCUT2D eigenvalue weighted by Gasteiger charge is -2.28. The Hall–Kier alpha value is -1.51. The van der Waals surface area contributed by atoms with Crippen molar-refractivity contribution >= 4 is 19.8 Å². The van der Waals surface area contributed by atoms with Crippen LogP contribution in [0.2, 0.25) is 0 Å². The summed E-state index contributed by atoms with van der Waals surface area (Å²) in [4.78, 5) is 37.1. The van der Waals surface area contributed by atoms with Crippen molar-refractivity contribution in [3.8, 4) is 0 Å². The molecule has 0 aliphatic rings. The molecule has 0 rings (SSSR count). The van der Waals surface area contributed by atoms with Crippen LogP contribution in [0.1, 0.15) is 130 Å². The second-order valence-corrected chi connectivity index (χ2v) is 14.5. The molecule has 0 saturated heterocycles. The van der Waals surface area contributed by atoms with E-state index in [1.54, 1.807) is 0 Å². The molecule has 0 radical (unpaired) electrons. The molecule has 2 atom stereocenters. The first-order chi connectivity index (χ1) is 20.7. The maximum Gasteiger partial charge on any atom is 0.331 e. The molecule has 0 heterocycles. The second-order valence-electron chi connectivity index (χ2n) is 13.1. The number of nitrogens with zero attached hydrogens (tertiary/aromatic N) is 1. The Morgan fingerprint density at radius 3 is 1.86 bits per heavy atom. The number of hydrogen-bond donors (Lipinski definition) is 0. The highest BCUT2D eigenvalue weighted by atomic mass is 31.2. The number of allylic oxidation sites excluding steroid dienone is 3. The van der Waals surface area contributed by atoms with Crippen molar-refractivity contribution in [2.45, 2.75) is 137 Å². The topological polar surface area (TPSA) is 111 Å². The van der Waals surface area contributed by atoms with E-state index in [2.05, 4.69) is 13.0 Å². The largest absolute Gasteiger partial charge is 0.756 e. The third-order valence-corrected chi connectivity index (χ3v) is 8.05. The van der Waals surface area contributed by atoms with E-state index in [0.717, 1.165) is 31.3 Å². The molecule has 0 aromatic carbocycles. The highest BCUT2D eigenvalue weighted by Crippen LogP contribution is 2.38. The molecule has 0 saturated carbocycles. The highest BCUT2D eigenvalue weighted by Gasteiger charge is 2.21. The molecule has 0 bridgehead atoms. The Kier molecular flexibility index (Phi) is 24.8. The monoisotopic (exact) mass is 645 g/mol. The zero-order chi connectivity index (χ0) is 33.3. The number of likely N-dealkylation sites (N-methyl/N-ethyl adjacent to an activating group) is 1. The van der Waals surface area contributed by atoms with E-state index < -0.39 is 32.5 Å². The number of quaternary nitrogens is 1. The van der Waals surface area contributed by atoms with E-state index in [1.165, 1.54) is 75.9 Å². The number of rotatable bonds is 28. The Balaban J connectivity index is 4.59. The summed E-state index contributed by atoms with van der Waals surface area (Å²) in [6, 6.07) is 0. The zero-order valence-electron chi connectivity index (χ0n) is 29.0. The van der Waals surface area contributed by atoms with Gasteiger partial charge in [0.15, 0.2) is 6.10 Å². The molecule has 0 spiro atoms. The lowest BCUT2D eigenvalue weighted by molar-refractivity contribution is -0.870. The standard InChI is InChI=1S/C34H64NO8P/c1-8-9-10-11-12-13-14-15-16-17-18-19-20-24-33(36)40-28-32(29-42-44(38,39)41-26-25-35(5,6)7)43-34(37)27-31(4)23-21-22-30(2)3/h22,27,32H,8-21,23-26,28-29H2,1-7H3/b31-27+/t32-/m1/s1. The molecule has 0 aliphatic heterocycles. The molecule has 258 valence electrons.